The first kappa shape index (κ1) is 8.11. The van der Waals surface area contributed by atoms with Crippen LogP contribution in [-0.4, -0.2) is 18.0 Å². The molecule has 0 bridgehead atoms. The third-order valence-corrected chi connectivity index (χ3v) is 1.34. The first-order valence-electron chi connectivity index (χ1n) is 3.66. The van der Waals surface area contributed by atoms with Gasteiger partial charge in [0.25, 0.3) is 0 Å². The summed E-state index contributed by atoms with van der Waals surface area (Å²) < 4.78 is 5.27. The Hall–Kier alpha value is -0.990. The van der Waals surface area contributed by atoms with Gasteiger partial charge in [0.2, 0.25) is 5.90 Å². The number of aliphatic imine (C=N–C) groups is 1. The number of nitrogens with two attached hydrogens (primary N) is 1. The maximum atomic E-state index is 5.46. The molecule has 0 fully saturated rings. The number of ether oxygens (including phenoxy) is 1. The highest BCUT2D eigenvalue weighted by Gasteiger charge is 2.24. The Morgan fingerprint density at radius 3 is 2.73 bits per heavy atom. The molecule has 0 aromatic rings. The Kier molecular flexibility index (Phi) is 1.89. The first-order valence-corrected chi connectivity index (χ1v) is 3.66. The van der Waals surface area contributed by atoms with Crippen molar-refractivity contribution >= 4 is 5.90 Å². The van der Waals surface area contributed by atoms with Crippen LogP contribution >= 0.6 is 0 Å². The lowest BCUT2D eigenvalue weighted by atomic mass is 10.1. The Labute approximate surface area is 66.9 Å². The second-order valence-electron chi connectivity index (χ2n) is 3.44. The molecular weight excluding hydrogens is 140 g/mol. The van der Waals surface area contributed by atoms with Gasteiger partial charge in [-0.1, -0.05) is 0 Å². The van der Waals surface area contributed by atoms with Crippen LogP contribution in [0.3, 0.4) is 0 Å². The summed E-state index contributed by atoms with van der Waals surface area (Å²) in [5.41, 5.74) is 6.10. The minimum atomic E-state index is -0.0821. The van der Waals surface area contributed by atoms with E-state index in [0.29, 0.717) is 12.5 Å². The SMILES string of the molecule is C/C(N)=C/C1=NC(C)(C)CO1. The van der Waals surface area contributed by atoms with E-state index in [0.717, 1.165) is 5.70 Å². The third-order valence-electron chi connectivity index (χ3n) is 1.34. The van der Waals surface area contributed by atoms with Crippen LogP contribution in [0.25, 0.3) is 0 Å². The molecular formula is C8H14N2O. The molecule has 0 atom stereocenters. The van der Waals surface area contributed by atoms with Crippen LogP contribution in [-0.2, 0) is 4.74 Å². The van der Waals surface area contributed by atoms with Crippen molar-refractivity contribution in [2.75, 3.05) is 6.61 Å². The van der Waals surface area contributed by atoms with Gasteiger partial charge in [0.1, 0.15) is 6.61 Å². The molecule has 1 aliphatic heterocycles. The monoisotopic (exact) mass is 154 g/mol. The Bertz CT molecular complexity index is 212. The standard InChI is InChI=1S/C8H14N2O/c1-6(9)4-7-10-8(2,3)5-11-7/h4H,5,9H2,1-3H3/b6-4-. The summed E-state index contributed by atoms with van der Waals surface area (Å²) in [5, 5.41) is 0. The average Bonchev–Trinajstić information content (AvgIpc) is 2.08. The predicted octanol–water partition coefficient (Wildman–Crippen LogP) is 1.06. The molecule has 3 heteroatoms. The fourth-order valence-electron chi connectivity index (χ4n) is 0.882. The maximum absolute atomic E-state index is 5.46. The smallest absolute Gasteiger partial charge is 0.211 e. The minimum absolute atomic E-state index is 0.0821. The van der Waals surface area contributed by atoms with E-state index in [2.05, 4.69) is 4.99 Å². The average molecular weight is 154 g/mol. The normalized spacial score (nSPS) is 22.8. The number of hydrogen-bond donors (Lipinski definition) is 1. The fraction of sp³-hybridized carbons (Fsp3) is 0.625. The third kappa shape index (κ3) is 2.26. The molecule has 0 aromatic carbocycles. The quantitative estimate of drug-likeness (QED) is 0.613. The van der Waals surface area contributed by atoms with E-state index in [-0.39, 0.29) is 5.54 Å². The van der Waals surface area contributed by atoms with Crippen LogP contribution in [0.1, 0.15) is 20.8 Å². The lowest BCUT2D eigenvalue weighted by Crippen LogP contribution is -2.17. The number of hydrogen-bond acceptors (Lipinski definition) is 3. The number of nitrogens with zero attached hydrogens (tertiary/aromatic N) is 1. The lowest BCUT2D eigenvalue weighted by molar-refractivity contribution is 0.280. The van der Waals surface area contributed by atoms with E-state index in [1.165, 1.54) is 0 Å². The summed E-state index contributed by atoms with van der Waals surface area (Å²) >= 11 is 0. The topological polar surface area (TPSA) is 47.6 Å². The zero-order chi connectivity index (χ0) is 8.48. The zero-order valence-electron chi connectivity index (χ0n) is 7.22. The van der Waals surface area contributed by atoms with Crippen molar-refractivity contribution < 1.29 is 4.74 Å². The Balaban J connectivity index is 2.71. The molecule has 1 aliphatic rings. The van der Waals surface area contributed by atoms with Crippen molar-refractivity contribution in [2.45, 2.75) is 26.3 Å². The number of rotatable bonds is 1. The molecule has 0 spiro atoms. The maximum Gasteiger partial charge on any atom is 0.211 e. The molecule has 1 rings (SSSR count). The van der Waals surface area contributed by atoms with Gasteiger partial charge in [-0.2, -0.15) is 0 Å². The van der Waals surface area contributed by atoms with Gasteiger partial charge in [0, 0.05) is 11.8 Å². The Morgan fingerprint density at radius 2 is 2.36 bits per heavy atom. The van der Waals surface area contributed by atoms with Crippen LogP contribution in [0.4, 0.5) is 0 Å². The molecule has 3 nitrogen and oxygen atoms in total. The minimum Gasteiger partial charge on any atom is -0.475 e. The summed E-state index contributed by atoms with van der Waals surface area (Å²) in [5.74, 6) is 0.648. The Morgan fingerprint density at radius 1 is 1.73 bits per heavy atom. The molecule has 0 unspecified atom stereocenters. The van der Waals surface area contributed by atoms with E-state index < -0.39 is 0 Å². The second-order valence-corrected chi connectivity index (χ2v) is 3.44. The van der Waals surface area contributed by atoms with Crippen molar-refractivity contribution in [3.8, 4) is 0 Å². The van der Waals surface area contributed by atoms with Gasteiger partial charge in [-0.05, 0) is 20.8 Å². The van der Waals surface area contributed by atoms with E-state index in [1.54, 1.807) is 6.08 Å². The van der Waals surface area contributed by atoms with Gasteiger partial charge in [0.05, 0.1) is 5.54 Å². The molecule has 0 amide bonds. The van der Waals surface area contributed by atoms with Crippen LogP contribution in [0.5, 0.6) is 0 Å². The van der Waals surface area contributed by atoms with Crippen molar-refractivity contribution in [3.63, 3.8) is 0 Å². The van der Waals surface area contributed by atoms with E-state index in [9.17, 15) is 0 Å². The summed E-state index contributed by atoms with van der Waals surface area (Å²) in [4.78, 5) is 4.30. The summed E-state index contributed by atoms with van der Waals surface area (Å²) in [7, 11) is 0. The highest BCUT2D eigenvalue weighted by Crippen LogP contribution is 2.17. The first-order chi connectivity index (χ1) is 4.99. The molecule has 62 valence electrons. The predicted molar refractivity (Wildman–Crippen MR) is 45.4 cm³/mol. The molecule has 0 saturated heterocycles. The highest BCUT2D eigenvalue weighted by atomic mass is 16.5. The molecule has 11 heavy (non-hydrogen) atoms. The van der Waals surface area contributed by atoms with Crippen LogP contribution in [0.2, 0.25) is 0 Å². The van der Waals surface area contributed by atoms with E-state index >= 15 is 0 Å². The zero-order valence-corrected chi connectivity index (χ0v) is 7.22. The van der Waals surface area contributed by atoms with Crippen LogP contribution in [0.15, 0.2) is 16.8 Å². The highest BCUT2D eigenvalue weighted by molar-refractivity contribution is 5.89. The van der Waals surface area contributed by atoms with E-state index in [4.69, 9.17) is 10.5 Å². The molecule has 0 aromatic heterocycles. The molecule has 1 heterocycles. The summed E-state index contributed by atoms with van der Waals surface area (Å²) in [6, 6.07) is 0. The summed E-state index contributed by atoms with van der Waals surface area (Å²) in [6.07, 6.45) is 1.74. The molecule has 0 radical (unpaired) electrons. The van der Waals surface area contributed by atoms with Crippen molar-refractivity contribution in [2.24, 2.45) is 10.7 Å². The number of allylic oxidation sites excluding steroid dienone is 1. The van der Waals surface area contributed by atoms with Gasteiger partial charge in [0.15, 0.2) is 0 Å². The molecule has 2 N–H and O–H groups in total. The van der Waals surface area contributed by atoms with Gasteiger partial charge < -0.3 is 10.5 Å². The molecule has 0 aliphatic carbocycles. The molecule has 0 saturated carbocycles. The lowest BCUT2D eigenvalue weighted by Gasteiger charge is -2.07. The van der Waals surface area contributed by atoms with Gasteiger partial charge in [-0.15, -0.1) is 0 Å². The van der Waals surface area contributed by atoms with Crippen molar-refractivity contribution in [3.05, 3.63) is 11.8 Å². The fourth-order valence-corrected chi connectivity index (χ4v) is 0.882. The second kappa shape index (κ2) is 2.57. The van der Waals surface area contributed by atoms with Gasteiger partial charge in [-0.3, -0.25) is 0 Å². The van der Waals surface area contributed by atoms with Crippen molar-refractivity contribution in [1.82, 2.24) is 0 Å². The van der Waals surface area contributed by atoms with Gasteiger partial charge in [-0.25, -0.2) is 4.99 Å². The van der Waals surface area contributed by atoms with Crippen LogP contribution in [0, 0.1) is 0 Å². The van der Waals surface area contributed by atoms with Gasteiger partial charge >= 0.3 is 0 Å². The largest absolute Gasteiger partial charge is 0.475 e. The van der Waals surface area contributed by atoms with Crippen molar-refractivity contribution in [1.29, 1.82) is 0 Å². The summed E-state index contributed by atoms with van der Waals surface area (Å²) in [6.45, 7) is 6.52. The van der Waals surface area contributed by atoms with E-state index in [1.807, 2.05) is 20.8 Å². The van der Waals surface area contributed by atoms with Crippen LogP contribution < -0.4 is 5.73 Å².